The zero-order chi connectivity index (χ0) is 23.2. The summed E-state index contributed by atoms with van der Waals surface area (Å²) < 4.78 is 10.8. The number of fused-ring (bicyclic) bond motifs is 1. The van der Waals surface area contributed by atoms with Gasteiger partial charge in [0.1, 0.15) is 0 Å². The maximum absolute atomic E-state index is 12.3. The number of hydrogen-bond acceptors (Lipinski definition) is 7. The van der Waals surface area contributed by atoms with Crippen LogP contribution in [0.5, 0.6) is 0 Å². The number of hydrogen-bond donors (Lipinski definition) is 4. The highest BCUT2D eigenvalue weighted by Crippen LogP contribution is 2.33. The number of nitrogens with zero attached hydrogens (tertiary/aromatic N) is 1. The molecular weight excluding hydrogens is 434 g/mol. The van der Waals surface area contributed by atoms with Crippen LogP contribution in [0.4, 0.5) is 4.79 Å². The third-order valence-electron chi connectivity index (χ3n) is 5.53. The highest BCUT2D eigenvalue weighted by Gasteiger charge is 2.42. The lowest BCUT2D eigenvalue weighted by molar-refractivity contribution is -0.134. The molecule has 0 aliphatic carbocycles. The molecule has 2 unspecified atom stereocenters. The molecule has 0 bridgehead atoms. The summed E-state index contributed by atoms with van der Waals surface area (Å²) in [5, 5.41) is 9.15. The Hall–Kier alpha value is -1.56. The van der Waals surface area contributed by atoms with Gasteiger partial charge in [-0.2, -0.15) is 11.8 Å². The van der Waals surface area contributed by atoms with Gasteiger partial charge in [0.05, 0.1) is 31.8 Å². The standard InChI is InChI=1S/C21H39N5O5S/c1-26(14-18(27)23-9-5-11-31-13-12-30-10-4-8-22)19(28)7-3-2-6-17-20-16(15-32-17)24-21(29)25-20/h16-17,20H,2-15,22H2,1H3,(H,23,27)(H2,24,25,29)/t16?,17-,20?/m0/s1. The molecule has 11 heteroatoms. The number of ether oxygens (including phenoxy) is 2. The van der Waals surface area contributed by atoms with Crippen LogP contribution in [0.3, 0.4) is 0 Å². The van der Waals surface area contributed by atoms with Gasteiger partial charge in [0.15, 0.2) is 0 Å². The van der Waals surface area contributed by atoms with Crippen LogP contribution in [0.25, 0.3) is 0 Å². The number of unbranched alkanes of at least 4 members (excludes halogenated alkanes) is 1. The van der Waals surface area contributed by atoms with Gasteiger partial charge in [-0.15, -0.1) is 0 Å². The Bertz CT molecular complexity index is 597. The number of urea groups is 1. The van der Waals surface area contributed by atoms with Crippen molar-refractivity contribution in [2.75, 3.05) is 58.9 Å². The molecule has 3 atom stereocenters. The Kier molecular flexibility index (Phi) is 12.8. The molecule has 32 heavy (non-hydrogen) atoms. The van der Waals surface area contributed by atoms with Crippen molar-refractivity contribution >= 4 is 29.6 Å². The fourth-order valence-corrected chi connectivity index (χ4v) is 5.27. The van der Waals surface area contributed by atoms with Gasteiger partial charge in [0.25, 0.3) is 0 Å². The number of likely N-dealkylation sites (N-methyl/N-ethyl adjacent to an activating group) is 1. The molecule has 0 saturated carbocycles. The van der Waals surface area contributed by atoms with Gasteiger partial charge >= 0.3 is 6.03 Å². The quantitative estimate of drug-likeness (QED) is 0.173. The number of nitrogens with one attached hydrogen (secondary N) is 3. The highest BCUT2D eigenvalue weighted by molar-refractivity contribution is 8.00. The zero-order valence-corrected chi connectivity index (χ0v) is 19.9. The largest absolute Gasteiger partial charge is 0.379 e. The van der Waals surface area contributed by atoms with Crippen molar-refractivity contribution in [2.24, 2.45) is 5.73 Å². The molecule has 2 aliphatic rings. The topological polar surface area (TPSA) is 135 Å². The monoisotopic (exact) mass is 473 g/mol. The molecule has 0 aromatic rings. The Labute approximate surface area is 195 Å². The Morgan fingerprint density at radius 3 is 2.62 bits per heavy atom. The molecule has 10 nitrogen and oxygen atoms in total. The molecule has 2 aliphatic heterocycles. The van der Waals surface area contributed by atoms with Crippen molar-refractivity contribution in [2.45, 2.75) is 55.9 Å². The van der Waals surface area contributed by atoms with Crippen molar-refractivity contribution in [1.29, 1.82) is 0 Å². The average Bonchev–Trinajstić information content (AvgIpc) is 3.31. The molecular formula is C21H39N5O5S. The van der Waals surface area contributed by atoms with Crippen molar-refractivity contribution in [3.05, 3.63) is 0 Å². The molecule has 0 aromatic carbocycles. The minimum Gasteiger partial charge on any atom is -0.379 e. The van der Waals surface area contributed by atoms with E-state index in [1.165, 1.54) is 4.90 Å². The summed E-state index contributed by atoms with van der Waals surface area (Å²) in [6.07, 6.45) is 4.69. The zero-order valence-electron chi connectivity index (χ0n) is 19.1. The lowest BCUT2D eigenvalue weighted by atomic mass is 10.0. The minimum absolute atomic E-state index is 0.0223. The van der Waals surface area contributed by atoms with Crippen LogP contribution in [-0.2, 0) is 19.1 Å². The summed E-state index contributed by atoms with van der Waals surface area (Å²) in [5.74, 6) is 0.760. The van der Waals surface area contributed by atoms with Crippen molar-refractivity contribution in [3.8, 4) is 0 Å². The number of carbonyl (C=O) groups is 3. The van der Waals surface area contributed by atoms with Crippen LogP contribution < -0.4 is 21.7 Å². The second kappa shape index (κ2) is 15.3. The van der Waals surface area contributed by atoms with Gasteiger partial charge in [0.2, 0.25) is 11.8 Å². The van der Waals surface area contributed by atoms with Gasteiger partial charge in [0, 0.05) is 44.2 Å². The molecule has 4 amide bonds. The minimum atomic E-state index is -0.163. The molecule has 0 aromatic heterocycles. The number of rotatable bonds is 17. The summed E-state index contributed by atoms with van der Waals surface area (Å²) >= 11 is 1.88. The van der Waals surface area contributed by atoms with Crippen molar-refractivity contribution in [3.63, 3.8) is 0 Å². The third kappa shape index (κ3) is 9.93. The van der Waals surface area contributed by atoms with Crippen LogP contribution in [0.1, 0.15) is 38.5 Å². The van der Waals surface area contributed by atoms with E-state index in [0.717, 1.165) is 31.4 Å². The van der Waals surface area contributed by atoms with E-state index in [4.69, 9.17) is 15.2 Å². The SMILES string of the molecule is CN(CC(=O)NCCCOCCOCCCN)C(=O)CCCC[C@@H]1SCC2NC(=O)NC21. The lowest BCUT2D eigenvalue weighted by Gasteiger charge is -2.18. The van der Waals surface area contributed by atoms with Gasteiger partial charge in [-0.3, -0.25) is 9.59 Å². The van der Waals surface area contributed by atoms with Crippen LogP contribution in [0.15, 0.2) is 0 Å². The fourth-order valence-electron chi connectivity index (χ4n) is 3.72. The maximum atomic E-state index is 12.3. The predicted octanol–water partition coefficient (Wildman–Crippen LogP) is 0.0589. The summed E-state index contributed by atoms with van der Waals surface area (Å²) in [5.41, 5.74) is 5.38. The number of carbonyl (C=O) groups excluding carboxylic acids is 3. The normalized spacial score (nSPS) is 21.7. The second-order valence-electron chi connectivity index (χ2n) is 8.19. The average molecular weight is 474 g/mol. The first-order valence-electron chi connectivity index (χ1n) is 11.6. The first kappa shape index (κ1) is 26.7. The summed E-state index contributed by atoms with van der Waals surface area (Å²) in [6.45, 7) is 3.49. The van der Waals surface area contributed by atoms with E-state index in [1.807, 2.05) is 11.8 Å². The molecule has 184 valence electrons. The maximum Gasteiger partial charge on any atom is 0.315 e. The number of amides is 4. The fraction of sp³-hybridized carbons (Fsp3) is 0.857. The van der Waals surface area contributed by atoms with E-state index in [-0.39, 0.29) is 36.5 Å². The summed E-state index contributed by atoms with van der Waals surface area (Å²) in [6, 6.07) is 0.363. The van der Waals surface area contributed by atoms with Crippen LogP contribution in [-0.4, -0.2) is 98.9 Å². The first-order chi connectivity index (χ1) is 15.5. The predicted molar refractivity (Wildman–Crippen MR) is 125 cm³/mol. The first-order valence-corrected chi connectivity index (χ1v) is 12.6. The molecule has 2 fully saturated rings. The van der Waals surface area contributed by atoms with E-state index in [1.54, 1.807) is 7.05 Å². The van der Waals surface area contributed by atoms with E-state index < -0.39 is 0 Å². The second-order valence-corrected chi connectivity index (χ2v) is 9.46. The molecule has 2 rings (SSSR count). The van der Waals surface area contributed by atoms with Gasteiger partial charge in [-0.25, -0.2) is 4.79 Å². The molecule has 0 radical (unpaired) electrons. The van der Waals surface area contributed by atoms with Gasteiger partial charge in [-0.05, 0) is 32.2 Å². The third-order valence-corrected chi connectivity index (χ3v) is 7.04. The summed E-state index contributed by atoms with van der Waals surface area (Å²) in [4.78, 5) is 37.2. The smallest absolute Gasteiger partial charge is 0.315 e. The van der Waals surface area contributed by atoms with Crippen molar-refractivity contribution in [1.82, 2.24) is 20.9 Å². The van der Waals surface area contributed by atoms with E-state index in [0.29, 0.717) is 57.6 Å². The van der Waals surface area contributed by atoms with E-state index in [2.05, 4.69) is 16.0 Å². The van der Waals surface area contributed by atoms with E-state index >= 15 is 0 Å². The summed E-state index contributed by atoms with van der Waals surface area (Å²) in [7, 11) is 1.66. The lowest BCUT2D eigenvalue weighted by Crippen LogP contribution is -2.38. The molecule has 2 saturated heterocycles. The molecule has 5 N–H and O–H groups in total. The van der Waals surface area contributed by atoms with Crippen molar-refractivity contribution < 1.29 is 23.9 Å². The van der Waals surface area contributed by atoms with Gasteiger partial charge in [-0.1, -0.05) is 6.42 Å². The van der Waals surface area contributed by atoms with Crippen LogP contribution in [0, 0.1) is 0 Å². The molecule has 0 spiro atoms. The highest BCUT2D eigenvalue weighted by atomic mass is 32.2. The Balaban J connectivity index is 1.43. The molecule has 2 heterocycles. The number of nitrogens with two attached hydrogens (primary N) is 1. The van der Waals surface area contributed by atoms with Gasteiger partial charge < -0.3 is 36.1 Å². The van der Waals surface area contributed by atoms with Crippen LogP contribution in [0.2, 0.25) is 0 Å². The Morgan fingerprint density at radius 1 is 1.12 bits per heavy atom. The Morgan fingerprint density at radius 2 is 1.88 bits per heavy atom. The van der Waals surface area contributed by atoms with Crippen LogP contribution >= 0.6 is 11.8 Å². The number of thioether (sulfide) groups is 1. The van der Waals surface area contributed by atoms with E-state index in [9.17, 15) is 14.4 Å².